The standard InChI is InChI=1S/C24H40N2O2/c1-17-9-10-20(27)7-6-8-22-21(17)15-18(2)24(28)16-19(11-12-23(22,24)3)26-14-5-4-13-25/h17,21-22,28H,2,4-16,25H2,1,3H3. The highest BCUT2D eigenvalue weighted by Crippen LogP contribution is 2.61. The molecule has 4 nitrogen and oxygen atoms in total. The summed E-state index contributed by atoms with van der Waals surface area (Å²) in [4.78, 5) is 16.9. The van der Waals surface area contributed by atoms with Crippen LogP contribution >= 0.6 is 0 Å². The number of ketones is 1. The smallest absolute Gasteiger partial charge is 0.132 e. The minimum atomic E-state index is -0.850. The van der Waals surface area contributed by atoms with Gasteiger partial charge in [-0.3, -0.25) is 9.79 Å². The van der Waals surface area contributed by atoms with E-state index in [1.54, 1.807) is 0 Å². The van der Waals surface area contributed by atoms with Crippen LogP contribution in [0.5, 0.6) is 0 Å². The lowest BCUT2D eigenvalue weighted by Crippen LogP contribution is -2.61. The van der Waals surface area contributed by atoms with Crippen molar-refractivity contribution in [2.45, 2.75) is 90.1 Å². The molecule has 3 saturated carbocycles. The Labute approximate surface area is 171 Å². The average Bonchev–Trinajstić information content (AvgIpc) is 2.73. The van der Waals surface area contributed by atoms with E-state index in [4.69, 9.17) is 10.7 Å². The SMILES string of the molecule is C=C1CC2C(C)CCC(=O)CCCC2C2(C)CCC(=NCCCCN)CC12O. The Morgan fingerprint density at radius 3 is 2.79 bits per heavy atom. The topological polar surface area (TPSA) is 75.7 Å². The first-order chi connectivity index (χ1) is 13.3. The van der Waals surface area contributed by atoms with Crippen molar-refractivity contribution in [2.24, 2.45) is 33.9 Å². The predicted octanol–water partition coefficient (Wildman–Crippen LogP) is 4.45. The Hall–Kier alpha value is -1.00. The number of hydrogen-bond acceptors (Lipinski definition) is 4. The third kappa shape index (κ3) is 4.00. The molecule has 5 unspecified atom stereocenters. The zero-order valence-electron chi connectivity index (χ0n) is 18.0. The number of aliphatic imine (C=N–C) groups is 1. The van der Waals surface area contributed by atoms with Gasteiger partial charge in [0.2, 0.25) is 0 Å². The Morgan fingerprint density at radius 1 is 1.25 bits per heavy atom. The second kappa shape index (κ2) is 8.79. The van der Waals surface area contributed by atoms with Crippen LogP contribution in [-0.2, 0) is 4.79 Å². The van der Waals surface area contributed by atoms with Gasteiger partial charge in [-0.2, -0.15) is 0 Å². The van der Waals surface area contributed by atoms with E-state index >= 15 is 0 Å². The van der Waals surface area contributed by atoms with Crippen molar-refractivity contribution < 1.29 is 9.90 Å². The second-order valence-electron chi connectivity index (χ2n) is 9.92. The highest BCUT2D eigenvalue weighted by Gasteiger charge is 2.60. The van der Waals surface area contributed by atoms with Crippen molar-refractivity contribution in [3.05, 3.63) is 12.2 Å². The Kier molecular flexibility index (Phi) is 6.81. The van der Waals surface area contributed by atoms with E-state index in [1.807, 2.05) is 0 Å². The van der Waals surface area contributed by atoms with Crippen LogP contribution < -0.4 is 5.73 Å². The molecule has 0 aliphatic heterocycles. The molecule has 0 radical (unpaired) electrons. The van der Waals surface area contributed by atoms with E-state index in [-0.39, 0.29) is 5.41 Å². The van der Waals surface area contributed by atoms with Crippen LogP contribution in [0.2, 0.25) is 0 Å². The van der Waals surface area contributed by atoms with Crippen molar-refractivity contribution in [3.8, 4) is 0 Å². The zero-order chi connectivity index (χ0) is 20.4. The van der Waals surface area contributed by atoms with Crippen molar-refractivity contribution >= 4 is 11.5 Å². The highest BCUT2D eigenvalue weighted by molar-refractivity contribution is 5.87. The lowest BCUT2D eigenvalue weighted by molar-refractivity contribution is -0.133. The minimum Gasteiger partial charge on any atom is -0.385 e. The largest absolute Gasteiger partial charge is 0.385 e. The fraction of sp³-hybridized carbons (Fsp3) is 0.833. The number of carbonyl (C=O) groups is 1. The van der Waals surface area contributed by atoms with Gasteiger partial charge in [-0.25, -0.2) is 0 Å². The van der Waals surface area contributed by atoms with E-state index in [0.29, 0.717) is 42.9 Å². The summed E-state index contributed by atoms with van der Waals surface area (Å²) in [5, 5.41) is 11.9. The molecular weight excluding hydrogens is 348 g/mol. The first-order valence-corrected chi connectivity index (χ1v) is 11.5. The molecule has 28 heavy (non-hydrogen) atoms. The quantitative estimate of drug-likeness (QED) is 0.552. The van der Waals surface area contributed by atoms with Crippen molar-refractivity contribution in [3.63, 3.8) is 0 Å². The molecule has 5 atom stereocenters. The predicted molar refractivity (Wildman–Crippen MR) is 115 cm³/mol. The van der Waals surface area contributed by atoms with E-state index < -0.39 is 5.60 Å². The lowest BCUT2D eigenvalue weighted by atomic mass is 9.46. The molecule has 3 N–H and O–H groups in total. The van der Waals surface area contributed by atoms with Crippen molar-refractivity contribution in [1.82, 2.24) is 0 Å². The molecule has 3 fully saturated rings. The monoisotopic (exact) mass is 388 g/mol. The van der Waals surface area contributed by atoms with Crippen molar-refractivity contribution in [1.29, 1.82) is 0 Å². The molecule has 0 aromatic carbocycles. The van der Waals surface area contributed by atoms with E-state index in [2.05, 4.69) is 20.4 Å². The number of nitrogens with two attached hydrogens (primary N) is 1. The van der Waals surface area contributed by atoms with Crippen LogP contribution in [0.1, 0.15) is 84.5 Å². The number of aliphatic hydroxyl groups is 1. The van der Waals surface area contributed by atoms with Gasteiger partial charge in [-0.15, -0.1) is 0 Å². The second-order valence-corrected chi connectivity index (χ2v) is 9.92. The number of carbonyl (C=O) groups excluding carboxylic acids is 1. The number of hydrogen-bond donors (Lipinski definition) is 2. The molecule has 0 aromatic heterocycles. The average molecular weight is 389 g/mol. The summed E-state index contributed by atoms with van der Waals surface area (Å²) in [6, 6.07) is 0. The summed E-state index contributed by atoms with van der Waals surface area (Å²) in [6.45, 7) is 10.5. The van der Waals surface area contributed by atoms with Crippen LogP contribution in [0.25, 0.3) is 0 Å². The summed E-state index contributed by atoms with van der Waals surface area (Å²) >= 11 is 0. The summed E-state index contributed by atoms with van der Waals surface area (Å²) in [6.07, 6.45) is 9.94. The third-order valence-corrected chi connectivity index (χ3v) is 8.27. The molecule has 3 aliphatic carbocycles. The van der Waals surface area contributed by atoms with Gasteiger partial charge in [0, 0.05) is 36.9 Å². The lowest BCUT2D eigenvalue weighted by Gasteiger charge is -2.60. The van der Waals surface area contributed by atoms with Crippen LogP contribution in [0.15, 0.2) is 17.1 Å². The van der Waals surface area contributed by atoms with Crippen molar-refractivity contribution in [2.75, 3.05) is 13.1 Å². The maximum atomic E-state index is 12.1. The summed E-state index contributed by atoms with van der Waals surface area (Å²) in [5.41, 5.74) is 6.73. The molecule has 0 amide bonds. The van der Waals surface area contributed by atoms with Gasteiger partial charge in [0.1, 0.15) is 5.78 Å². The zero-order valence-corrected chi connectivity index (χ0v) is 18.0. The van der Waals surface area contributed by atoms with Crippen LogP contribution in [-0.4, -0.2) is 35.3 Å². The fourth-order valence-electron chi connectivity index (χ4n) is 6.29. The van der Waals surface area contributed by atoms with E-state index in [0.717, 1.165) is 75.6 Å². The number of nitrogens with zero attached hydrogens (tertiary/aromatic N) is 1. The molecule has 0 heterocycles. The maximum absolute atomic E-state index is 12.1. The number of unbranched alkanes of at least 4 members (excludes halogenated alkanes) is 1. The number of fused-ring (bicyclic) bond motifs is 3. The molecule has 3 aliphatic rings. The van der Waals surface area contributed by atoms with E-state index in [1.165, 1.54) is 0 Å². The first kappa shape index (κ1) is 21.7. The van der Waals surface area contributed by atoms with Crippen LogP contribution in [0.3, 0.4) is 0 Å². The number of Topliss-reactive ketones (excluding diaryl/α,β-unsaturated/α-hetero) is 1. The van der Waals surface area contributed by atoms with E-state index in [9.17, 15) is 9.90 Å². The summed E-state index contributed by atoms with van der Waals surface area (Å²) in [5.74, 6) is 1.92. The fourth-order valence-corrected chi connectivity index (χ4v) is 6.29. The Morgan fingerprint density at radius 2 is 2.04 bits per heavy atom. The van der Waals surface area contributed by atoms with Gasteiger partial charge in [0.05, 0.1) is 5.60 Å². The molecule has 0 saturated heterocycles. The third-order valence-electron chi connectivity index (χ3n) is 8.27. The molecule has 0 aromatic rings. The maximum Gasteiger partial charge on any atom is 0.132 e. The molecule has 3 rings (SSSR count). The van der Waals surface area contributed by atoms with Crippen LogP contribution in [0.4, 0.5) is 0 Å². The summed E-state index contributed by atoms with van der Waals surface area (Å²) < 4.78 is 0. The molecule has 0 spiro atoms. The Balaban J connectivity index is 1.84. The minimum absolute atomic E-state index is 0.162. The molecular formula is C24H40N2O2. The molecule has 0 bridgehead atoms. The van der Waals surface area contributed by atoms with Crippen LogP contribution in [0, 0.1) is 23.2 Å². The Bertz CT molecular complexity index is 628. The van der Waals surface area contributed by atoms with Gasteiger partial charge >= 0.3 is 0 Å². The van der Waals surface area contributed by atoms with Gasteiger partial charge in [-0.1, -0.05) is 20.4 Å². The van der Waals surface area contributed by atoms with Gasteiger partial charge in [-0.05, 0) is 81.2 Å². The van der Waals surface area contributed by atoms with Gasteiger partial charge in [0.15, 0.2) is 0 Å². The number of rotatable bonds is 4. The summed E-state index contributed by atoms with van der Waals surface area (Å²) in [7, 11) is 0. The normalized spacial score (nSPS) is 41.0. The first-order valence-electron chi connectivity index (χ1n) is 11.5. The van der Waals surface area contributed by atoms with Gasteiger partial charge < -0.3 is 10.8 Å². The molecule has 158 valence electrons. The van der Waals surface area contributed by atoms with Gasteiger partial charge in [0.25, 0.3) is 0 Å². The highest BCUT2D eigenvalue weighted by atomic mass is 16.3. The molecule has 4 heteroatoms.